The van der Waals surface area contributed by atoms with Gasteiger partial charge >= 0.3 is 11.9 Å². The minimum Gasteiger partial charge on any atom is -0.480 e. The van der Waals surface area contributed by atoms with Crippen LogP contribution in [0.1, 0.15) is 26.7 Å². The number of sulfonamides is 1. The number of ether oxygens (including phenoxy) is 1. The van der Waals surface area contributed by atoms with E-state index in [1.54, 1.807) is 13.8 Å². The molecule has 1 unspecified atom stereocenters. The second-order valence-corrected chi connectivity index (χ2v) is 6.10. The van der Waals surface area contributed by atoms with Gasteiger partial charge in [0, 0.05) is 6.42 Å². The maximum atomic E-state index is 11.6. The van der Waals surface area contributed by atoms with Crippen LogP contribution in [0.2, 0.25) is 0 Å². The Hall–Kier alpha value is -1.15. The quantitative estimate of drug-likeness (QED) is 0.604. The van der Waals surface area contributed by atoms with Gasteiger partial charge < -0.3 is 9.84 Å². The number of carbonyl (C=O) groups excluding carboxylic acids is 1. The van der Waals surface area contributed by atoms with Crippen LogP contribution in [0.25, 0.3) is 0 Å². The van der Waals surface area contributed by atoms with Crippen molar-refractivity contribution in [1.29, 1.82) is 0 Å². The number of carboxylic acid groups (broad SMARTS) is 1. The molecule has 0 aromatic heterocycles. The van der Waals surface area contributed by atoms with E-state index < -0.39 is 28.0 Å². The van der Waals surface area contributed by atoms with Crippen LogP contribution >= 0.6 is 0 Å². The summed E-state index contributed by atoms with van der Waals surface area (Å²) in [5, 5.41) is 8.88. The molecule has 0 saturated heterocycles. The average molecular weight is 281 g/mol. The van der Waals surface area contributed by atoms with Crippen molar-refractivity contribution in [3.63, 3.8) is 0 Å². The SMILES string of the molecule is COC(=O)CCC(NS(=O)(=O)CC(C)C)C(=O)O. The number of carbonyl (C=O) groups is 2. The highest BCUT2D eigenvalue weighted by molar-refractivity contribution is 7.89. The minimum atomic E-state index is -3.66. The van der Waals surface area contributed by atoms with E-state index >= 15 is 0 Å². The van der Waals surface area contributed by atoms with E-state index in [4.69, 9.17) is 5.11 Å². The van der Waals surface area contributed by atoms with Crippen molar-refractivity contribution in [2.45, 2.75) is 32.7 Å². The standard InChI is InChI=1S/C10H19NO6S/c1-7(2)6-18(15,16)11-8(10(13)14)4-5-9(12)17-3/h7-8,11H,4-6H2,1-3H3,(H,13,14). The summed E-state index contributed by atoms with van der Waals surface area (Å²) in [5.41, 5.74) is 0. The molecule has 1 atom stereocenters. The molecule has 0 radical (unpaired) electrons. The van der Waals surface area contributed by atoms with Crippen molar-refractivity contribution >= 4 is 22.0 Å². The number of hydrogen-bond acceptors (Lipinski definition) is 5. The molecule has 0 rings (SSSR count). The van der Waals surface area contributed by atoms with Gasteiger partial charge in [-0.1, -0.05) is 13.8 Å². The molecular weight excluding hydrogens is 262 g/mol. The molecule has 8 heteroatoms. The van der Waals surface area contributed by atoms with E-state index in [-0.39, 0.29) is 24.5 Å². The zero-order valence-corrected chi connectivity index (χ0v) is 11.5. The molecule has 18 heavy (non-hydrogen) atoms. The number of nitrogens with one attached hydrogen (secondary N) is 1. The molecule has 7 nitrogen and oxygen atoms in total. The van der Waals surface area contributed by atoms with Crippen LogP contribution < -0.4 is 4.72 Å². The van der Waals surface area contributed by atoms with Crippen LogP contribution in [0.4, 0.5) is 0 Å². The maximum absolute atomic E-state index is 11.6. The number of esters is 1. The molecule has 0 aromatic rings. The van der Waals surface area contributed by atoms with Crippen LogP contribution in [-0.2, 0) is 24.3 Å². The fourth-order valence-corrected chi connectivity index (χ4v) is 2.93. The molecule has 0 saturated carbocycles. The molecule has 0 heterocycles. The normalized spacial score (nSPS) is 13.3. The summed E-state index contributed by atoms with van der Waals surface area (Å²) in [6.45, 7) is 3.42. The van der Waals surface area contributed by atoms with Crippen molar-refractivity contribution in [1.82, 2.24) is 4.72 Å². The number of aliphatic carboxylic acids is 1. The number of methoxy groups -OCH3 is 1. The summed E-state index contributed by atoms with van der Waals surface area (Å²) >= 11 is 0. The smallest absolute Gasteiger partial charge is 0.321 e. The second kappa shape index (κ2) is 7.32. The van der Waals surface area contributed by atoms with Gasteiger partial charge in [-0.05, 0) is 12.3 Å². The molecule has 0 amide bonds. The van der Waals surface area contributed by atoms with Crippen molar-refractivity contribution in [2.24, 2.45) is 5.92 Å². The Kier molecular flexibility index (Phi) is 6.85. The van der Waals surface area contributed by atoms with Crippen LogP contribution in [0.15, 0.2) is 0 Å². The fraction of sp³-hybridized carbons (Fsp3) is 0.800. The van der Waals surface area contributed by atoms with Crippen molar-refractivity contribution in [2.75, 3.05) is 12.9 Å². The van der Waals surface area contributed by atoms with E-state index in [1.165, 1.54) is 7.11 Å². The van der Waals surface area contributed by atoms with Crippen LogP contribution in [-0.4, -0.2) is 44.4 Å². The van der Waals surface area contributed by atoms with Crippen LogP contribution in [0.5, 0.6) is 0 Å². The lowest BCUT2D eigenvalue weighted by molar-refractivity contribution is -0.142. The van der Waals surface area contributed by atoms with Crippen LogP contribution in [0, 0.1) is 5.92 Å². The molecule has 0 fully saturated rings. The minimum absolute atomic E-state index is 0.113. The predicted molar refractivity (Wildman–Crippen MR) is 64.4 cm³/mol. The highest BCUT2D eigenvalue weighted by Crippen LogP contribution is 2.04. The molecular formula is C10H19NO6S. The van der Waals surface area contributed by atoms with Gasteiger partial charge in [0.05, 0.1) is 12.9 Å². The maximum Gasteiger partial charge on any atom is 0.321 e. The Bertz CT molecular complexity index is 389. The summed E-state index contributed by atoms with van der Waals surface area (Å²) in [6, 6.07) is -1.31. The Balaban J connectivity index is 4.54. The topological polar surface area (TPSA) is 110 Å². The molecule has 0 aromatic carbocycles. The largest absolute Gasteiger partial charge is 0.480 e. The predicted octanol–water partition coefficient (Wildman–Crippen LogP) is -0.0318. The third-order valence-corrected chi connectivity index (χ3v) is 3.79. The third-order valence-electron chi connectivity index (χ3n) is 2.04. The zero-order valence-electron chi connectivity index (χ0n) is 10.7. The van der Waals surface area contributed by atoms with E-state index in [2.05, 4.69) is 9.46 Å². The van der Waals surface area contributed by atoms with Crippen molar-refractivity contribution in [3.8, 4) is 0 Å². The van der Waals surface area contributed by atoms with Gasteiger partial charge in [-0.2, -0.15) is 0 Å². The highest BCUT2D eigenvalue weighted by atomic mass is 32.2. The Morgan fingerprint density at radius 3 is 2.28 bits per heavy atom. The van der Waals surface area contributed by atoms with Gasteiger partial charge in [0.25, 0.3) is 0 Å². The number of rotatable bonds is 8. The Labute approximate surface area is 107 Å². The van der Waals surface area contributed by atoms with Gasteiger partial charge in [0.15, 0.2) is 0 Å². The first-order valence-corrected chi connectivity index (χ1v) is 7.12. The monoisotopic (exact) mass is 281 g/mol. The number of carboxylic acids is 1. The lowest BCUT2D eigenvalue weighted by Crippen LogP contribution is -2.42. The third kappa shape index (κ3) is 7.23. The fourth-order valence-electron chi connectivity index (χ4n) is 1.30. The summed E-state index contributed by atoms with van der Waals surface area (Å²) < 4.78 is 29.6. The lowest BCUT2D eigenvalue weighted by atomic mass is 10.2. The van der Waals surface area contributed by atoms with E-state index in [1.807, 2.05) is 0 Å². The van der Waals surface area contributed by atoms with Gasteiger partial charge in [0.2, 0.25) is 10.0 Å². The van der Waals surface area contributed by atoms with Crippen molar-refractivity contribution in [3.05, 3.63) is 0 Å². The van der Waals surface area contributed by atoms with Gasteiger partial charge in [-0.25, -0.2) is 13.1 Å². The molecule has 106 valence electrons. The first-order valence-electron chi connectivity index (χ1n) is 5.47. The van der Waals surface area contributed by atoms with E-state index in [9.17, 15) is 18.0 Å². The van der Waals surface area contributed by atoms with Crippen LogP contribution in [0.3, 0.4) is 0 Å². The second-order valence-electron chi connectivity index (χ2n) is 4.30. The lowest BCUT2D eigenvalue weighted by Gasteiger charge is -2.15. The molecule has 2 N–H and O–H groups in total. The Morgan fingerprint density at radius 1 is 1.33 bits per heavy atom. The summed E-state index contributed by atoms with van der Waals surface area (Å²) in [4.78, 5) is 21.8. The van der Waals surface area contributed by atoms with Gasteiger partial charge in [0.1, 0.15) is 6.04 Å². The first kappa shape index (κ1) is 16.9. The Morgan fingerprint density at radius 2 is 1.89 bits per heavy atom. The first-order chi connectivity index (χ1) is 8.18. The molecule has 0 spiro atoms. The average Bonchev–Trinajstić information content (AvgIpc) is 2.21. The van der Waals surface area contributed by atoms with Gasteiger partial charge in [-0.3, -0.25) is 9.59 Å². The van der Waals surface area contributed by atoms with E-state index in [0.29, 0.717) is 0 Å². The summed E-state index contributed by atoms with van der Waals surface area (Å²) in [5.74, 6) is -2.16. The summed E-state index contributed by atoms with van der Waals surface area (Å²) in [6.07, 6.45) is -0.295. The zero-order chi connectivity index (χ0) is 14.3. The van der Waals surface area contributed by atoms with Gasteiger partial charge in [-0.15, -0.1) is 0 Å². The molecule has 0 aliphatic heterocycles. The van der Waals surface area contributed by atoms with Crippen molar-refractivity contribution < 1.29 is 27.9 Å². The highest BCUT2D eigenvalue weighted by Gasteiger charge is 2.25. The summed E-state index contributed by atoms with van der Waals surface area (Å²) in [7, 11) is -2.48. The van der Waals surface area contributed by atoms with E-state index in [0.717, 1.165) is 0 Å². The molecule has 0 aliphatic rings. The molecule has 0 bridgehead atoms. The molecule has 0 aliphatic carbocycles. The number of hydrogen-bond donors (Lipinski definition) is 2.